The topological polar surface area (TPSA) is 101 Å². The fraction of sp³-hybridized carbons (Fsp3) is 0.440. The Balaban J connectivity index is 1.61. The van der Waals surface area contributed by atoms with Crippen molar-refractivity contribution in [1.29, 1.82) is 0 Å². The van der Waals surface area contributed by atoms with E-state index in [4.69, 9.17) is 9.47 Å². The lowest BCUT2D eigenvalue weighted by atomic mass is 10.1. The molecule has 1 aromatic carbocycles. The minimum absolute atomic E-state index is 0.0930. The van der Waals surface area contributed by atoms with Crippen LogP contribution in [0.15, 0.2) is 54.7 Å². The van der Waals surface area contributed by atoms with E-state index >= 15 is 0 Å². The number of carbonyl (C=O) groups excluding carboxylic acids is 3. The van der Waals surface area contributed by atoms with Gasteiger partial charge in [0.1, 0.15) is 24.1 Å². The number of aromatic nitrogens is 1. The molecule has 0 spiro atoms. The molecule has 1 atom stereocenters. The van der Waals surface area contributed by atoms with Gasteiger partial charge in [0.2, 0.25) is 5.91 Å². The molecule has 34 heavy (non-hydrogen) atoms. The van der Waals surface area contributed by atoms with Gasteiger partial charge in [0.15, 0.2) is 0 Å². The van der Waals surface area contributed by atoms with Gasteiger partial charge in [-0.1, -0.05) is 36.4 Å². The van der Waals surface area contributed by atoms with Gasteiger partial charge in [0, 0.05) is 32.4 Å². The van der Waals surface area contributed by atoms with Gasteiger partial charge in [0.05, 0.1) is 6.42 Å². The second kappa shape index (κ2) is 11.5. The largest absolute Gasteiger partial charge is 0.461 e. The summed E-state index contributed by atoms with van der Waals surface area (Å²) in [5.41, 5.74) is 0.101. The van der Waals surface area contributed by atoms with Crippen LogP contribution in [-0.4, -0.2) is 65.7 Å². The summed E-state index contributed by atoms with van der Waals surface area (Å²) in [7, 11) is 0. The standard InChI is InChI=1S/C25H32N4O5/c1-25(2,3)34-24(32)27-20(17-22(30)33-18-19-9-5-4-6-10-19)23(31)29-15-13-28(14-16-29)21-11-7-8-12-26-21/h4-12,20H,13-18H2,1-3H3,(H,27,32)/t20-/m0/s1. The van der Waals surface area contributed by atoms with Crippen molar-refractivity contribution in [2.75, 3.05) is 31.1 Å². The Labute approximate surface area is 200 Å². The molecule has 0 bridgehead atoms. The predicted molar refractivity (Wildman–Crippen MR) is 127 cm³/mol. The molecule has 0 aliphatic carbocycles. The van der Waals surface area contributed by atoms with E-state index in [1.165, 1.54) is 0 Å². The number of nitrogens with zero attached hydrogens (tertiary/aromatic N) is 3. The zero-order valence-electron chi connectivity index (χ0n) is 19.9. The molecule has 2 amide bonds. The molecule has 1 fully saturated rings. The summed E-state index contributed by atoms with van der Waals surface area (Å²) in [6.07, 6.45) is 0.689. The number of hydrogen-bond acceptors (Lipinski definition) is 7. The summed E-state index contributed by atoms with van der Waals surface area (Å²) < 4.78 is 10.6. The summed E-state index contributed by atoms with van der Waals surface area (Å²) >= 11 is 0. The van der Waals surface area contributed by atoms with Crippen LogP contribution in [0.1, 0.15) is 32.8 Å². The molecule has 3 rings (SSSR count). The lowest BCUT2D eigenvalue weighted by molar-refractivity contribution is -0.148. The minimum atomic E-state index is -1.08. The second-order valence-electron chi connectivity index (χ2n) is 9.05. The molecular formula is C25H32N4O5. The Morgan fingerprint density at radius 3 is 2.29 bits per heavy atom. The van der Waals surface area contributed by atoms with Crippen LogP contribution in [0.2, 0.25) is 0 Å². The van der Waals surface area contributed by atoms with Crippen molar-refractivity contribution in [3.8, 4) is 0 Å². The molecule has 2 aromatic rings. The third kappa shape index (κ3) is 7.75. The van der Waals surface area contributed by atoms with E-state index in [1.807, 2.05) is 48.5 Å². The number of piperazine rings is 1. The highest BCUT2D eigenvalue weighted by Crippen LogP contribution is 2.15. The Kier molecular flexibility index (Phi) is 8.45. The van der Waals surface area contributed by atoms with Crippen LogP contribution in [0.4, 0.5) is 10.6 Å². The molecule has 1 aliphatic heterocycles. The van der Waals surface area contributed by atoms with Gasteiger partial charge in [-0.3, -0.25) is 9.59 Å². The third-order valence-corrected chi connectivity index (χ3v) is 5.17. The quantitative estimate of drug-likeness (QED) is 0.624. The SMILES string of the molecule is CC(C)(C)OC(=O)N[C@@H](CC(=O)OCc1ccccc1)C(=O)N1CCN(c2ccccn2)CC1. The summed E-state index contributed by atoms with van der Waals surface area (Å²) in [6, 6.07) is 13.9. The number of pyridine rings is 1. The van der Waals surface area contributed by atoms with Gasteiger partial charge in [-0.2, -0.15) is 0 Å². The number of hydrogen-bond donors (Lipinski definition) is 1. The highest BCUT2D eigenvalue weighted by Gasteiger charge is 2.32. The first kappa shape index (κ1) is 25.0. The maximum atomic E-state index is 13.3. The molecular weight excluding hydrogens is 436 g/mol. The van der Waals surface area contributed by atoms with Crippen LogP contribution in [-0.2, 0) is 25.7 Å². The van der Waals surface area contributed by atoms with Crippen LogP contribution < -0.4 is 10.2 Å². The molecule has 9 heteroatoms. The Morgan fingerprint density at radius 2 is 1.68 bits per heavy atom. The number of benzene rings is 1. The first-order valence-electron chi connectivity index (χ1n) is 11.3. The van der Waals surface area contributed by atoms with E-state index in [2.05, 4.69) is 15.2 Å². The van der Waals surface area contributed by atoms with Gasteiger partial charge in [-0.05, 0) is 38.5 Å². The van der Waals surface area contributed by atoms with E-state index in [0.29, 0.717) is 26.2 Å². The number of nitrogens with one attached hydrogen (secondary N) is 1. The van der Waals surface area contributed by atoms with Gasteiger partial charge < -0.3 is 24.6 Å². The lowest BCUT2D eigenvalue weighted by Crippen LogP contribution is -2.56. The van der Waals surface area contributed by atoms with E-state index in [-0.39, 0.29) is 18.9 Å². The smallest absolute Gasteiger partial charge is 0.408 e. The van der Waals surface area contributed by atoms with Crippen molar-refractivity contribution in [3.05, 3.63) is 60.3 Å². The average Bonchev–Trinajstić information content (AvgIpc) is 2.82. The van der Waals surface area contributed by atoms with E-state index in [0.717, 1.165) is 11.4 Å². The Morgan fingerprint density at radius 1 is 1.00 bits per heavy atom. The number of alkyl carbamates (subject to hydrolysis) is 1. The highest BCUT2D eigenvalue weighted by molar-refractivity contribution is 5.89. The monoisotopic (exact) mass is 468 g/mol. The van der Waals surface area contributed by atoms with Crippen molar-refractivity contribution < 1.29 is 23.9 Å². The molecule has 1 N–H and O–H groups in total. The molecule has 1 aromatic heterocycles. The average molecular weight is 469 g/mol. The van der Waals surface area contributed by atoms with Gasteiger partial charge >= 0.3 is 12.1 Å². The summed E-state index contributed by atoms with van der Waals surface area (Å²) in [6.45, 7) is 7.37. The number of rotatable bonds is 7. The zero-order chi connectivity index (χ0) is 24.6. The molecule has 0 unspecified atom stereocenters. The van der Waals surface area contributed by atoms with Crippen LogP contribution >= 0.6 is 0 Å². The number of carbonyl (C=O) groups is 3. The number of esters is 1. The predicted octanol–water partition coefficient (Wildman–Crippen LogP) is 2.76. The fourth-order valence-corrected chi connectivity index (χ4v) is 3.53. The number of ether oxygens (including phenoxy) is 2. The Hall–Kier alpha value is -3.62. The zero-order valence-corrected chi connectivity index (χ0v) is 19.9. The molecule has 9 nitrogen and oxygen atoms in total. The maximum Gasteiger partial charge on any atom is 0.408 e. The summed E-state index contributed by atoms with van der Waals surface area (Å²) in [5.74, 6) is -0.0731. The normalized spacial score (nSPS) is 14.8. The molecule has 182 valence electrons. The van der Waals surface area contributed by atoms with Crippen LogP contribution in [0, 0.1) is 0 Å². The molecule has 1 aliphatic rings. The van der Waals surface area contributed by atoms with Gasteiger partial charge in [-0.15, -0.1) is 0 Å². The van der Waals surface area contributed by atoms with E-state index in [1.54, 1.807) is 31.9 Å². The third-order valence-electron chi connectivity index (χ3n) is 5.17. The van der Waals surface area contributed by atoms with Crippen molar-refractivity contribution in [2.24, 2.45) is 0 Å². The second-order valence-corrected chi connectivity index (χ2v) is 9.05. The number of amides is 2. The Bertz CT molecular complexity index is 954. The van der Waals surface area contributed by atoms with Gasteiger partial charge in [0.25, 0.3) is 0 Å². The van der Waals surface area contributed by atoms with Crippen LogP contribution in [0.5, 0.6) is 0 Å². The van der Waals surface area contributed by atoms with E-state index < -0.39 is 23.7 Å². The van der Waals surface area contributed by atoms with Gasteiger partial charge in [-0.25, -0.2) is 9.78 Å². The van der Waals surface area contributed by atoms with E-state index in [9.17, 15) is 14.4 Å². The highest BCUT2D eigenvalue weighted by atomic mass is 16.6. The van der Waals surface area contributed by atoms with Crippen molar-refractivity contribution in [3.63, 3.8) is 0 Å². The first-order valence-corrected chi connectivity index (χ1v) is 11.3. The molecule has 2 heterocycles. The summed E-state index contributed by atoms with van der Waals surface area (Å²) in [5, 5.41) is 2.56. The molecule has 0 radical (unpaired) electrons. The maximum absolute atomic E-state index is 13.3. The summed E-state index contributed by atoms with van der Waals surface area (Å²) in [4.78, 5) is 46.3. The van der Waals surface area contributed by atoms with Crippen molar-refractivity contribution in [1.82, 2.24) is 15.2 Å². The lowest BCUT2D eigenvalue weighted by Gasteiger charge is -2.37. The van der Waals surface area contributed by atoms with Crippen LogP contribution in [0.25, 0.3) is 0 Å². The molecule has 0 saturated carbocycles. The fourth-order valence-electron chi connectivity index (χ4n) is 3.53. The number of anilines is 1. The minimum Gasteiger partial charge on any atom is -0.461 e. The van der Waals surface area contributed by atoms with Crippen molar-refractivity contribution in [2.45, 2.75) is 45.4 Å². The molecule has 1 saturated heterocycles. The van der Waals surface area contributed by atoms with Crippen molar-refractivity contribution >= 4 is 23.8 Å². The van der Waals surface area contributed by atoms with Crippen LogP contribution in [0.3, 0.4) is 0 Å². The first-order chi connectivity index (χ1) is 16.2.